The van der Waals surface area contributed by atoms with Crippen LogP contribution in [0.15, 0.2) is 62.5 Å². The van der Waals surface area contributed by atoms with Crippen molar-refractivity contribution in [2.24, 2.45) is 0 Å². The van der Waals surface area contributed by atoms with Gasteiger partial charge in [0, 0.05) is 17.7 Å². The zero-order chi connectivity index (χ0) is 31.9. The largest absolute Gasteiger partial charge is 0.466 e. The number of anilines is 1. The average molecular weight is 646 g/mol. The predicted molar refractivity (Wildman–Crippen MR) is 169 cm³/mol. The van der Waals surface area contributed by atoms with Crippen LogP contribution in [-0.2, 0) is 28.9 Å². The summed E-state index contributed by atoms with van der Waals surface area (Å²) in [4.78, 5) is 36.8. The molecule has 0 aliphatic rings. The van der Waals surface area contributed by atoms with Crippen LogP contribution in [0.4, 0.5) is 10.5 Å². The molecule has 0 spiro atoms. The summed E-state index contributed by atoms with van der Waals surface area (Å²) < 4.78 is 38.3. The first-order valence-corrected chi connectivity index (χ1v) is 16.9. The summed E-state index contributed by atoms with van der Waals surface area (Å²) in [6, 6.07) is 13.1. The molecule has 0 aliphatic heterocycles. The Morgan fingerprint density at radius 2 is 1.74 bits per heavy atom. The molecule has 2 amide bonds. The van der Waals surface area contributed by atoms with Gasteiger partial charge in [-0.3, -0.25) is 20.3 Å². The molecule has 0 atom stereocenters. The molecule has 0 aliphatic carbocycles. The molecule has 10 nitrogen and oxygen atoms in total. The van der Waals surface area contributed by atoms with Crippen LogP contribution in [0.1, 0.15) is 51.0 Å². The molecular weight excluding hydrogens is 611 g/mol. The maximum Gasteiger partial charge on any atom is 0.413 e. The molecule has 2 aromatic carbocycles. The van der Waals surface area contributed by atoms with Crippen LogP contribution in [0.25, 0.3) is 11.1 Å². The Morgan fingerprint density at radius 1 is 1.05 bits per heavy atom. The fourth-order valence-corrected chi connectivity index (χ4v) is 7.99. The summed E-state index contributed by atoms with van der Waals surface area (Å²) in [5.74, 6) is -1.11. The van der Waals surface area contributed by atoms with Gasteiger partial charge in [0.1, 0.15) is 11.4 Å². The van der Waals surface area contributed by atoms with Crippen LogP contribution in [-0.4, -0.2) is 50.7 Å². The molecule has 0 saturated carbocycles. The normalized spacial score (nSPS) is 11.5. The molecule has 3 N–H and O–H groups in total. The molecule has 1 aromatic heterocycles. The molecule has 0 bridgehead atoms. The van der Waals surface area contributed by atoms with Gasteiger partial charge in [-0.25, -0.2) is 13.2 Å². The Bertz CT molecular complexity index is 1640. The molecule has 230 valence electrons. The third-order valence-electron chi connectivity index (χ3n) is 5.85. The SMILES string of the molecule is CCOC(=O)CCC(=O)Nc1cccc(C)c1-c1cccc(S(=O)(=O)c2cc(C(=N)NC(=O)OC(C)(C)C)sc2SC)c1. The molecule has 1 heterocycles. The van der Waals surface area contributed by atoms with E-state index in [0.717, 1.165) is 16.9 Å². The number of carbonyl (C=O) groups is 3. The first kappa shape index (κ1) is 33.8. The second kappa shape index (κ2) is 14.2. The van der Waals surface area contributed by atoms with Gasteiger partial charge in [0.15, 0.2) is 0 Å². The number of sulfone groups is 1. The smallest absolute Gasteiger partial charge is 0.413 e. The van der Waals surface area contributed by atoms with E-state index in [2.05, 4.69) is 10.6 Å². The summed E-state index contributed by atoms with van der Waals surface area (Å²) in [6.07, 6.45) is 0.812. The Morgan fingerprint density at radius 3 is 2.40 bits per heavy atom. The zero-order valence-corrected chi connectivity index (χ0v) is 27.3. The standard InChI is InChI=1S/C30H35N3O7S3/c1-7-39-25(35)15-14-24(34)32-21-13-8-10-18(2)26(21)19-11-9-12-20(16-19)43(37,38)23-17-22(42-28(23)41-6)27(31)33-29(36)40-30(3,4)5/h8-13,16-17H,7,14-15H2,1-6H3,(H,32,34)(H2,31,33,36). The van der Waals surface area contributed by atoms with Crippen molar-refractivity contribution in [1.82, 2.24) is 5.32 Å². The van der Waals surface area contributed by atoms with Gasteiger partial charge in [-0.1, -0.05) is 24.3 Å². The number of aryl methyl sites for hydroxylation is 1. The Hall–Kier alpha value is -3.68. The highest BCUT2D eigenvalue weighted by Crippen LogP contribution is 2.39. The predicted octanol–water partition coefficient (Wildman–Crippen LogP) is 6.41. The number of alkyl carbamates (subject to hydrolysis) is 1. The molecular formula is C30H35N3O7S3. The van der Waals surface area contributed by atoms with Gasteiger partial charge in [0.25, 0.3) is 0 Å². The highest BCUT2D eigenvalue weighted by atomic mass is 32.2. The van der Waals surface area contributed by atoms with E-state index in [0.29, 0.717) is 21.0 Å². The second-order valence-corrected chi connectivity index (χ2v) is 14.4. The summed E-state index contributed by atoms with van der Waals surface area (Å²) in [5, 5.41) is 13.5. The minimum absolute atomic E-state index is 0.0187. The first-order valence-electron chi connectivity index (χ1n) is 13.3. The van der Waals surface area contributed by atoms with Crippen LogP contribution in [0.2, 0.25) is 0 Å². The second-order valence-electron chi connectivity index (χ2n) is 10.4. The summed E-state index contributed by atoms with van der Waals surface area (Å²) in [5.41, 5.74) is 1.74. The topological polar surface area (TPSA) is 152 Å². The van der Waals surface area contributed by atoms with Crippen molar-refractivity contribution in [3.05, 3.63) is 59.0 Å². The van der Waals surface area contributed by atoms with Crippen LogP contribution in [0, 0.1) is 12.3 Å². The van der Waals surface area contributed by atoms with Crippen LogP contribution >= 0.6 is 23.1 Å². The number of amidine groups is 1. The number of hydrogen-bond acceptors (Lipinski definition) is 10. The Labute approximate surface area is 260 Å². The van der Waals surface area contributed by atoms with Gasteiger partial charge >= 0.3 is 12.1 Å². The van der Waals surface area contributed by atoms with Gasteiger partial charge in [0.05, 0.1) is 31.9 Å². The fraction of sp³-hybridized carbons (Fsp3) is 0.333. The number of hydrogen-bond donors (Lipinski definition) is 3. The van der Waals surface area contributed by atoms with Gasteiger partial charge in [0.2, 0.25) is 15.7 Å². The maximum atomic E-state index is 13.9. The van der Waals surface area contributed by atoms with Crippen molar-refractivity contribution >= 4 is 62.4 Å². The van der Waals surface area contributed by atoms with E-state index in [1.54, 1.807) is 58.2 Å². The van der Waals surface area contributed by atoms with Crippen LogP contribution in [0.5, 0.6) is 0 Å². The van der Waals surface area contributed by atoms with E-state index in [4.69, 9.17) is 14.9 Å². The third-order valence-corrected chi connectivity index (χ3v) is 10.2. The molecule has 0 saturated heterocycles. The van der Waals surface area contributed by atoms with Crippen molar-refractivity contribution in [1.29, 1.82) is 5.41 Å². The van der Waals surface area contributed by atoms with Gasteiger partial charge in [-0.15, -0.1) is 23.1 Å². The molecule has 0 unspecified atom stereocenters. The summed E-state index contributed by atoms with van der Waals surface area (Å²) in [7, 11) is -4.04. The lowest BCUT2D eigenvalue weighted by molar-refractivity contribution is -0.144. The molecule has 13 heteroatoms. The lowest BCUT2D eigenvalue weighted by atomic mass is 9.98. The number of benzene rings is 2. The van der Waals surface area contributed by atoms with Crippen molar-refractivity contribution in [2.45, 2.75) is 67.1 Å². The lowest BCUT2D eigenvalue weighted by Gasteiger charge is -2.19. The van der Waals surface area contributed by atoms with Crippen molar-refractivity contribution < 1.29 is 32.3 Å². The number of esters is 1. The Kier molecular flexibility index (Phi) is 11.2. The van der Waals surface area contributed by atoms with Gasteiger partial charge < -0.3 is 14.8 Å². The third kappa shape index (κ3) is 8.91. The number of thiophene rings is 1. The number of carbonyl (C=O) groups excluding carboxylic acids is 3. The quantitative estimate of drug-likeness (QED) is 0.0990. The number of amides is 2. The van der Waals surface area contributed by atoms with E-state index in [1.807, 2.05) is 13.0 Å². The number of thioether (sulfide) groups is 1. The number of ether oxygens (including phenoxy) is 2. The minimum atomic E-state index is -4.04. The maximum absolute atomic E-state index is 13.9. The molecule has 3 rings (SSSR count). The number of rotatable bonds is 10. The van der Waals surface area contributed by atoms with E-state index in [1.165, 1.54) is 30.0 Å². The summed E-state index contributed by atoms with van der Waals surface area (Å²) >= 11 is 2.30. The lowest BCUT2D eigenvalue weighted by Crippen LogP contribution is -2.36. The monoisotopic (exact) mass is 645 g/mol. The summed E-state index contributed by atoms with van der Waals surface area (Å²) in [6.45, 7) is 8.88. The van der Waals surface area contributed by atoms with E-state index in [-0.39, 0.29) is 45.9 Å². The van der Waals surface area contributed by atoms with E-state index in [9.17, 15) is 22.8 Å². The molecule has 0 radical (unpaired) electrons. The highest BCUT2D eigenvalue weighted by Gasteiger charge is 2.27. The van der Waals surface area contributed by atoms with Crippen molar-refractivity contribution in [3.63, 3.8) is 0 Å². The fourth-order valence-electron chi connectivity index (χ4n) is 4.04. The van der Waals surface area contributed by atoms with Gasteiger partial charge in [-0.2, -0.15) is 0 Å². The minimum Gasteiger partial charge on any atom is -0.466 e. The van der Waals surface area contributed by atoms with E-state index >= 15 is 0 Å². The highest BCUT2D eigenvalue weighted by molar-refractivity contribution is 8.01. The zero-order valence-electron chi connectivity index (χ0n) is 24.8. The van der Waals surface area contributed by atoms with Crippen molar-refractivity contribution in [3.8, 4) is 11.1 Å². The van der Waals surface area contributed by atoms with Crippen LogP contribution < -0.4 is 10.6 Å². The molecule has 0 fully saturated rings. The first-order chi connectivity index (χ1) is 20.2. The van der Waals surface area contributed by atoms with Crippen molar-refractivity contribution in [2.75, 3.05) is 18.2 Å². The van der Waals surface area contributed by atoms with E-state index < -0.39 is 27.5 Å². The van der Waals surface area contributed by atoms with Crippen LogP contribution in [0.3, 0.4) is 0 Å². The Balaban J connectivity index is 1.93. The number of nitrogens with one attached hydrogen (secondary N) is 3. The molecule has 3 aromatic rings. The molecule has 43 heavy (non-hydrogen) atoms. The average Bonchev–Trinajstić information content (AvgIpc) is 3.37. The van der Waals surface area contributed by atoms with Gasteiger partial charge in [-0.05, 0) is 76.3 Å².